The zero-order valence-electron chi connectivity index (χ0n) is 14.5. The van der Waals surface area contributed by atoms with E-state index < -0.39 is 16.1 Å². The van der Waals surface area contributed by atoms with Crippen molar-refractivity contribution in [1.82, 2.24) is 5.32 Å². The molecule has 2 N–H and O–H groups in total. The number of carbonyl (C=O) groups excluding carboxylic acids is 1. The lowest BCUT2D eigenvalue weighted by Gasteiger charge is -2.14. The Bertz CT molecular complexity index is 791. The topological polar surface area (TPSA) is 106 Å². The normalized spacial score (nSPS) is 23.6. The molecule has 1 aromatic rings. The molecule has 1 amide bonds. The summed E-state index contributed by atoms with van der Waals surface area (Å²) in [5, 5.41) is 6.63. The number of sulfone groups is 1. The Hall–Kier alpha value is -1.62. The molecule has 2 atom stereocenters. The van der Waals surface area contributed by atoms with Crippen LogP contribution < -0.4 is 10.6 Å². The maximum absolute atomic E-state index is 12.1. The highest BCUT2D eigenvalue weighted by molar-refractivity contribution is 8.15. The van der Waals surface area contributed by atoms with Gasteiger partial charge in [0.05, 0.1) is 24.1 Å². The van der Waals surface area contributed by atoms with Crippen LogP contribution in [-0.4, -0.2) is 69.3 Å². The first-order chi connectivity index (χ1) is 12.4. The molecule has 0 aromatic heterocycles. The van der Waals surface area contributed by atoms with Crippen LogP contribution in [0, 0.1) is 0 Å². The molecule has 1 fully saturated rings. The third-order valence-electron chi connectivity index (χ3n) is 4.17. The Balaban J connectivity index is 1.55. The van der Waals surface area contributed by atoms with E-state index in [1.165, 1.54) is 26.0 Å². The molecule has 1 saturated heterocycles. The standard InChI is InChI=1S/C16H21N3O5S2/c1-23-14(24-2)7-17-15(20)10-3-5-11(6-4-10)18-16-19-12-8-26(21,22)9-13(12)25-16/h3-6,12-14H,7-9H2,1-2H3,(H,17,20)(H,18,19). The SMILES string of the molecule is COC(CNC(=O)c1ccc(NC2=NC3CS(=O)(=O)CC3S2)cc1)OC. The molecule has 142 valence electrons. The lowest BCUT2D eigenvalue weighted by molar-refractivity contribution is -0.0974. The van der Waals surface area contributed by atoms with Gasteiger partial charge in [0, 0.05) is 30.7 Å². The first-order valence-electron chi connectivity index (χ1n) is 8.06. The van der Waals surface area contributed by atoms with E-state index in [9.17, 15) is 13.2 Å². The molecule has 10 heteroatoms. The van der Waals surface area contributed by atoms with Gasteiger partial charge in [-0.15, -0.1) is 0 Å². The van der Waals surface area contributed by atoms with E-state index in [1.54, 1.807) is 24.3 Å². The summed E-state index contributed by atoms with van der Waals surface area (Å²) in [5.41, 5.74) is 1.31. The van der Waals surface area contributed by atoms with Gasteiger partial charge in [-0.25, -0.2) is 8.42 Å². The van der Waals surface area contributed by atoms with Gasteiger partial charge < -0.3 is 20.1 Å². The monoisotopic (exact) mass is 399 g/mol. The summed E-state index contributed by atoms with van der Waals surface area (Å²) < 4.78 is 33.2. The van der Waals surface area contributed by atoms with Crippen LogP contribution in [0.2, 0.25) is 0 Å². The Kier molecular flexibility index (Phi) is 5.86. The van der Waals surface area contributed by atoms with E-state index in [0.29, 0.717) is 5.56 Å². The number of benzene rings is 1. The summed E-state index contributed by atoms with van der Waals surface area (Å²) in [5.74, 6) is 0.0851. The summed E-state index contributed by atoms with van der Waals surface area (Å²) >= 11 is 1.46. The number of amides is 1. The number of aliphatic imine (C=N–C) groups is 1. The molecule has 0 radical (unpaired) electrons. The summed E-state index contributed by atoms with van der Waals surface area (Å²) in [6.45, 7) is 0.255. The number of rotatable bonds is 6. The third kappa shape index (κ3) is 4.56. The highest BCUT2D eigenvalue weighted by Crippen LogP contribution is 2.34. The number of amidine groups is 1. The predicted octanol–water partition coefficient (Wildman–Crippen LogP) is 0.716. The van der Waals surface area contributed by atoms with Crippen molar-refractivity contribution in [3.05, 3.63) is 29.8 Å². The Morgan fingerprint density at radius 2 is 1.96 bits per heavy atom. The molecule has 26 heavy (non-hydrogen) atoms. The average Bonchev–Trinajstić information content (AvgIpc) is 3.08. The predicted molar refractivity (Wildman–Crippen MR) is 101 cm³/mol. The fourth-order valence-electron chi connectivity index (χ4n) is 2.79. The van der Waals surface area contributed by atoms with Gasteiger partial charge in [-0.2, -0.15) is 0 Å². The Labute approximate surface area is 156 Å². The number of nitrogens with one attached hydrogen (secondary N) is 2. The third-order valence-corrected chi connectivity index (χ3v) is 7.31. The van der Waals surface area contributed by atoms with Crippen LogP contribution in [0.5, 0.6) is 0 Å². The van der Waals surface area contributed by atoms with Crippen LogP contribution in [-0.2, 0) is 19.3 Å². The molecule has 2 unspecified atom stereocenters. The molecule has 2 aliphatic heterocycles. The number of thioether (sulfide) groups is 1. The van der Waals surface area contributed by atoms with Crippen molar-refractivity contribution in [3.63, 3.8) is 0 Å². The summed E-state index contributed by atoms with van der Waals surface area (Å²) in [6, 6.07) is 6.82. The van der Waals surface area contributed by atoms with Crippen molar-refractivity contribution in [2.75, 3.05) is 37.6 Å². The van der Waals surface area contributed by atoms with Crippen molar-refractivity contribution in [3.8, 4) is 0 Å². The second-order valence-corrected chi connectivity index (χ2v) is 9.43. The maximum Gasteiger partial charge on any atom is 0.251 e. The first kappa shape index (κ1) is 19.2. The largest absolute Gasteiger partial charge is 0.354 e. The fourth-order valence-corrected chi connectivity index (χ4v) is 6.46. The molecule has 0 saturated carbocycles. The molecule has 8 nitrogen and oxygen atoms in total. The van der Waals surface area contributed by atoms with Crippen molar-refractivity contribution >= 4 is 38.4 Å². The average molecular weight is 399 g/mol. The van der Waals surface area contributed by atoms with Gasteiger partial charge in [-0.1, -0.05) is 11.8 Å². The lowest BCUT2D eigenvalue weighted by Crippen LogP contribution is -2.34. The highest BCUT2D eigenvalue weighted by Gasteiger charge is 2.42. The van der Waals surface area contributed by atoms with Crippen molar-refractivity contribution in [2.24, 2.45) is 4.99 Å². The number of carbonyl (C=O) groups is 1. The van der Waals surface area contributed by atoms with Crippen LogP contribution in [0.1, 0.15) is 10.4 Å². The van der Waals surface area contributed by atoms with Crippen molar-refractivity contribution < 1.29 is 22.7 Å². The lowest BCUT2D eigenvalue weighted by atomic mass is 10.2. The molecule has 1 aromatic carbocycles. The van der Waals surface area contributed by atoms with Gasteiger partial charge in [0.25, 0.3) is 5.91 Å². The number of fused-ring (bicyclic) bond motifs is 1. The van der Waals surface area contributed by atoms with Gasteiger partial charge >= 0.3 is 0 Å². The van der Waals surface area contributed by atoms with Crippen LogP contribution >= 0.6 is 11.8 Å². The molecule has 3 rings (SSSR count). The quantitative estimate of drug-likeness (QED) is 0.679. The van der Waals surface area contributed by atoms with E-state index in [-0.39, 0.29) is 35.2 Å². The molecule has 2 aliphatic rings. The van der Waals surface area contributed by atoms with Gasteiger partial charge in [0.15, 0.2) is 21.3 Å². The van der Waals surface area contributed by atoms with Crippen molar-refractivity contribution in [2.45, 2.75) is 17.6 Å². The van der Waals surface area contributed by atoms with Gasteiger partial charge in [0.1, 0.15) is 0 Å². The molecular formula is C16H21N3O5S2. The number of anilines is 1. The molecule has 0 spiro atoms. The van der Waals surface area contributed by atoms with Crippen LogP contribution in [0.15, 0.2) is 29.3 Å². The number of nitrogens with zero attached hydrogens (tertiary/aromatic N) is 1. The minimum absolute atomic E-state index is 0.00191. The summed E-state index contributed by atoms with van der Waals surface area (Å²) in [4.78, 5) is 16.6. The van der Waals surface area contributed by atoms with E-state index in [0.717, 1.165) is 10.9 Å². The molecule has 2 heterocycles. The number of hydrogen-bond donors (Lipinski definition) is 2. The smallest absolute Gasteiger partial charge is 0.251 e. The number of ether oxygens (including phenoxy) is 2. The minimum atomic E-state index is -2.95. The van der Waals surface area contributed by atoms with E-state index in [1.807, 2.05) is 0 Å². The van der Waals surface area contributed by atoms with E-state index >= 15 is 0 Å². The zero-order chi connectivity index (χ0) is 18.7. The first-order valence-corrected chi connectivity index (χ1v) is 10.8. The van der Waals surface area contributed by atoms with Gasteiger partial charge in [-0.3, -0.25) is 9.79 Å². The Morgan fingerprint density at radius 3 is 2.58 bits per heavy atom. The minimum Gasteiger partial charge on any atom is -0.354 e. The second kappa shape index (κ2) is 7.95. The number of methoxy groups -OCH3 is 2. The molecule has 0 aliphatic carbocycles. The van der Waals surface area contributed by atoms with Crippen molar-refractivity contribution in [1.29, 1.82) is 0 Å². The summed E-state index contributed by atoms with van der Waals surface area (Å²) in [7, 11) is 0.0655. The zero-order valence-corrected chi connectivity index (χ0v) is 16.1. The van der Waals surface area contributed by atoms with Gasteiger partial charge in [-0.05, 0) is 24.3 Å². The van der Waals surface area contributed by atoms with E-state index in [4.69, 9.17) is 9.47 Å². The highest BCUT2D eigenvalue weighted by atomic mass is 32.2. The maximum atomic E-state index is 12.1. The van der Waals surface area contributed by atoms with Crippen LogP contribution in [0.3, 0.4) is 0 Å². The van der Waals surface area contributed by atoms with Crippen LogP contribution in [0.25, 0.3) is 0 Å². The second-order valence-electron chi connectivity index (χ2n) is 6.05. The molecule has 0 bridgehead atoms. The van der Waals surface area contributed by atoms with Gasteiger partial charge in [0.2, 0.25) is 0 Å². The van der Waals surface area contributed by atoms with E-state index in [2.05, 4.69) is 15.6 Å². The number of hydrogen-bond acceptors (Lipinski definition) is 8. The Morgan fingerprint density at radius 1 is 1.27 bits per heavy atom. The molecular weight excluding hydrogens is 378 g/mol. The van der Waals surface area contributed by atoms with Crippen LogP contribution in [0.4, 0.5) is 5.69 Å². The fraction of sp³-hybridized carbons (Fsp3) is 0.500. The summed E-state index contributed by atoms with van der Waals surface area (Å²) in [6.07, 6.45) is -0.486.